The van der Waals surface area contributed by atoms with Crippen molar-refractivity contribution in [3.05, 3.63) is 88.9 Å². The van der Waals surface area contributed by atoms with E-state index >= 15 is 0 Å². The van der Waals surface area contributed by atoms with Gasteiger partial charge in [0.15, 0.2) is 0 Å². The number of hydrogen-bond donors (Lipinski definition) is 1. The Morgan fingerprint density at radius 1 is 1.00 bits per heavy atom. The van der Waals surface area contributed by atoms with Crippen LogP contribution in [0, 0.1) is 6.92 Å². The van der Waals surface area contributed by atoms with Crippen LogP contribution in [0.25, 0.3) is 0 Å². The summed E-state index contributed by atoms with van der Waals surface area (Å²) < 4.78 is 34.3. The van der Waals surface area contributed by atoms with Gasteiger partial charge in [-0.05, 0) is 80.8 Å². The van der Waals surface area contributed by atoms with Gasteiger partial charge in [-0.3, -0.25) is 13.9 Å². The van der Waals surface area contributed by atoms with E-state index in [1.807, 2.05) is 19.1 Å². The second-order valence-corrected chi connectivity index (χ2v) is 13.0. The van der Waals surface area contributed by atoms with Gasteiger partial charge in [0.05, 0.1) is 17.7 Å². The molecule has 3 aromatic carbocycles. The Morgan fingerprint density at radius 3 is 2.31 bits per heavy atom. The van der Waals surface area contributed by atoms with Crippen molar-refractivity contribution in [1.29, 1.82) is 0 Å². The van der Waals surface area contributed by atoms with Crippen LogP contribution in [0.5, 0.6) is 5.75 Å². The SMILES string of the molecule is COc1cccc(CN(C(=O)CN(c2ccc(Cl)cc2)S(=O)(=O)c2ccc(C)cc2)[C@@H](C)C(=O)NC2CCCCC2)c1. The van der Waals surface area contributed by atoms with E-state index in [0.717, 1.165) is 47.5 Å². The molecule has 1 atom stereocenters. The molecule has 42 heavy (non-hydrogen) atoms. The number of aryl methyl sites for hydroxylation is 1. The summed E-state index contributed by atoms with van der Waals surface area (Å²) in [7, 11) is -2.58. The number of sulfonamides is 1. The van der Waals surface area contributed by atoms with Crippen LogP contribution in [0.2, 0.25) is 5.02 Å². The first-order valence-corrected chi connectivity index (χ1v) is 16.0. The molecule has 1 aliphatic carbocycles. The Balaban J connectivity index is 1.68. The third-order valence-corrected chi connectivity index (χ3v) is 9.65. The average molecular weight is 612 g/mol. The molecule has 2 amide bonds. The number of halogens is 1. The highest BCUT2D eigenvalue weighted by Gasteiger charge is 2.33. The van der Waals surface area contributed by atoms with E-state index in [1.54, 1.807) is 62.6 Å². The standard InChI is InChI=1S/C32H38ClN3O5S/c1-23-12-18-30(19-13-23)42(39,40)36(28-16-14-26(33)15-17-28)22-31(37)35(21-25-8-7-11-29(20-25)41-3)24(2)32(38)34-27-9-5-4-6-10-27/h7-8,11-20,24,27H,4-6,9-10,21-22H2,1-3H3,(H,34,38)/t24-/m0/s1. The topological polar surface area (TPSA) is 96.0 Å². The Labute approximate surface area is 253 Å². The molecule has 224 valence electrons. The van der Waals surface area contributed by atoms with E-state index in [0.29, 0.717) is 10.8 Å². The maximum atomic E-state index is 14.1. The second kappa shape index (κ2) is 14.1. The molecular weight excluding hydrogens is 574 g/mol. The molecule has 10 heteroatoms. The van der Waals surface area contributed by atoms with Gasteiger partial charge >= 0.3 is 0 Å². The van der Waals surface area contributed by atoms with Crippen molar-refractivity contribution in [3.8, 4) is 5.75 Å². The van der Waals surface area contributed by atoms with E-state index in [2.05, 4.69) is 5.32 Å². The predicted octanol–water partition coefficient (Wildman–Crippen LogP) is 5.72. The van der Waals surface area contributed by atoms with Gasteiger partial charge in [-0.15, -0.1) is 0 Å². The number of carbonyl (C=O) groups is 2. The van der Waals surface area contributed by atoms with E-state index in [-0.39, 0.29) is 29.1 Å². The van der Waals surface area contributed by atoms with E-state index in [4.69, 9.17) is 16.3 Å². The molecular formula is C32H38ClN3O5S. The summed E-state index contributed by atoms with van der Waals surface area (Å²) in [5.41, 5.74) is 1.94. The molecule has 0 aliphatic heterocycles. The van der Waals surface area contributed by atoms with E-state index < -0.39 is 28.5 Å². The summed E-state index contributed by atoms with van der Waals surface area (Å²) in [6.07, 6.45) is 5.07. The summed E-state index contributed by atoms with van der Waals surface area (Å²) in [5.74, 6) is -0.170. The van der Waals surface area contributed by atoms with Crippen LogP contribution in [0.3, 0.4) is 0 Å². The molecule has 0 heterocycles. The van der Waals surface area contributed by atoms with Crippen molar-refractivity contribution >= 4 is 39.1 Å². The number of methoxy groups -OCH3 is 1. The zero-order valence-electron chi connectivity index (χ0n) is 24.3. The molecule has 0 spiro atoms. The van der Waals surface area contributed by atoms with E-state index in [9.17, 15) is 18.0 Å². The minimum atomic E-state index is -4.14. The number of nitrogens with one attached hydrogen (secondary N) is 1. The van der Waals surface area contributed by atoms with Gasteiger partial charge in [-0.25, -0.2) is 8.42 Å². The minimum absolute atomic E-state index is 0.0540. The number of ether oxygens (including phenoxy) is 1. The average Bonchev–Trinajstić information content (AvgIpc) is 2.99. The van der Waals surface area contributed by atoms with Crippen molar-refractivity contribution in [3.63, 3.8) is 0 Å². The van der Waals surface area contributed by atoms with Crippen LogP contribution in [0.15, 0.2) is 77.7 Å². The van der Waals surface area contributed by atoms with Crippen molar-refractivity contribution in [2.45, 2.75) is 69.5 Å². The predicted molar refractivity (Wildman–Crippen MR) is 165 cm³/mol. The maximum Gasteiger partial charge on any atom is 0.264 e. The molecule has 0 bridgehead atoms. The van der Waals surface area contributed by atoms with Crippen molar-refractivity contribution in [2.24, 2.45) is 0 Å². The molecule has 0 aromatic heterocycles. The van der Waals surface area contributed by atoms with Crippen molar-refractivity contribution < 1.29 is 22.7 Å². The molecule has 1 saturated carbocycles. The summed E-state index contributed by atoms with van der Waals surface area (Å²) in [6.45, 7) is 3.13. The van der Waals surface area contributed by atoms with Gasteiger partial charge in [-0.1, -0.05) is 60.7 Å². The molecule has 4 rings (SSSR count). The van der Waals surface area contributed by atoms with Crippen LogP contribution < -0.4 is 14.4 Å². The van der Waals surface area contributed by atoms with Crippen LogP contribution in [-0.2, 0) is 26.2 Å². The van der Waals surface area contributed by atoms with Crippen LogP contribution in [0.4, 0.5) is 5.69 Å². The maximum absolute atomic E-state index is 14.1. The summed E-state index contributed by atoms with van der Waals surface area (Å²) in [6, 6.07) is 19.2. The number of hydrogen-bond acceptors (Lipinski definition) is 5. The summed E-state index contributed by atoms with van der Waals surface area (Å²) in [4.78, 5) is 29.0. The smallest absolute Gasteiger partial charge is 0.264 e. The fourth-order valence-electron chi connectivity index (χ4n) is 5.09. The van der Waals surface area contributed by atoms with Gasteiger partial charge in [0.1, 0.15) is 18.3 Å². The monoisotopic (exact) mass is 611 g/mol. The lowest BCUT2D eigenvalue weighted by atomic mass is 9.95. The van der Waals surface area contributed by atoms with Gasteiger partial charge in [0, 0.05) is 17.6 Å². The largest absolute Gasteiger partial charge is 0.497 e. The van der Waals surface area contributed by atoms with Gasteiger partial charge in [-0.2, -0.15) is 0 Å². The van der Waals surface area contributed by atoms with Gasteiger partial charge in [0.25, 0.3) is 10.0 Å². The van der Waals surface area contributed by atoms with Crippen LogP contribution >= 0.6 is 11.6 Å². The van der Waals surface area contributed by atoms with E-state index in [1.165, 1.54) is 17.0 Å². The molecule has 0 radical (unpaired) electrons. The first-order chi connectivity index (χ1) is 20.1. The van der Waals surface area contributed by atoms with Crippen molar-refractivity contribution in [1.82, 2.24) is 10.2 Å². The quantitative estimate of drug-likeness (QED) is 0.299. The number of benzene rings is 3. The molecule has 0 unspecified atom stereocenters. The molecule has 1 N–H and O–H groups in total. The third kappa shape index (κ3) is 7.83. The number of amides is 2. The second-order valence-electron chi connectivity index (χ2n) is 10.7. The zero-order chi connectivity index (χ0) is 30.3. The molecule has 1 fully saturated rings. The molecule has 3 aromatic rings. The molecule has 1 aliphatic rings. The highest BCUT2D eigenvalue weighted by Crippen LogP contribution is 2.27. The number of rotatable bonds is 11. The lowest BCUT2D eigenvalue weighted by Gasteiger charge is -2.33. The number of anilines is 1. The Morgan fingerprint density at radius 2 is 1.67 bits per heavy atom. The lowest BCUT2D eigenvalue weighted by Crippen LogP contribution is -2.53. The van der Waals surface area contributed by atoms with Gasteiger partial charge < -0.3 is 15.0 Å². The van der Waals surface area contributed by atoms with Crippen molar-refractivity contribution in [2.75, 3.05) is 18.0 Å². The molecule has 0 saturated heterocycles. The first-order valence-electron chi connectivity index (χ1n) is 14.2. The normalized spacial score (nSPS) is 14.6. The minimum Gasteiger partial charge on any atom is -0.497 e. The highest BCUT2D eigenvalue weighted by atomic mass is 35.5. The van der Waals surface area contributed by atoms with Crippen LogP contribution in [0.1, 0.15) is 50.2 Å². The van der Waals surface area contributed by atoms with Gasteiger partial charge in [0.2, 0.25) is 11.8 Å². The fraction of sp³-hybridized carbons (Fsp3) is 0.375. The Bertz CT molecular complexity index is 1470. The Hall–Kier alpha value is -3.56. The number of nitrogens with zero attached hydrogens (tertiary/aromatic N) is 2. The third-order valence-electron chi connectivity index (χ3n) is 7.61. The highest BCUT2D eigenvalue weighted by molar-refractivity contribution is 7.92. The fourth-order valence-corrected chi connectivity index (χ4v) is 6.63. The molecule has 8 nitrogen and oxygen atoms in total. The lowest BCUT2D eigenvalue weighted by molar-refractivity contribution is -0.139. The summed E-state index contributed by atoms with van der Waals surface area (Å²) >= 11 is 6.09. The first kappa shape index (κ1) is 31.4. The summed E-state index contributed by atoms with van der Waals surface area (Å²) in [5, 5.41) is 3.55. The number of carbonyl (C=O) groups excluding carboxylic acids is 2. The zero-order valence-corrected chi connectivity index (χ0v) is 25.8. The Kier molecular flexibility index (Phi) is 10.5. The van der Waals surface area contributed by atoms with Crippen LogP contribution in [-0.4, -0.2) is 50.9 Å².